The molecule has 1 aliphatic rings. The number of aliphatic imine (C=N–C) groups is 1. The number of pyridine rings is 1. The number of nitrogens with zero attached hydrogens (tertiary/aromatic N) is 6. The molecule has 0 radical (unpaired) electrons. The van der Waals surface area contributed by atoms with E-state index in [9.17, 15) is 0 Å². The van der Waals surface area contributed by atoms with Crippen LogP contribution in [0.25, 0.3) is 11.6 Å². The Kier molecular flexibility index (Phi) is 7.16. The van der Waals surface area contributed by atoms with E-state index in [0.717, 1.165) is 44.4 Å². The van der Waals surface area contributed by atoms with E-state index in [1.807, 2.05) is 30.3 Å². The van der Waals surface area contributed by atoms with Crippen LogP contribution in [-0.4, -0.2) is 72.4 Å². The molecule has 32 heavy (non-hydrogen) atoms. The zero-order valence-corrected chi connectivity index (χ0v) is 18.6. The number of rotatable bonds is 7. The van der Waals surface area contributed by atoms with Crippen molar-refractivity contribution in [3.8, 4) is 17.3 Å². The summed E-state index contributed by atoms with van der Waals surface area (Å²) >= 11 is 0. The van der Waals surface area contributed by atoms with Crippen molar-refractivity contribution in [1.29, 1.82) is 0 Å². The maximum absolute atomic E-state index is 5.36. The maximum atomic E-state index is 5.36. The molecule has 1 N–H and O–H groups in total. The molecule has 0 atom stereocenters. The van der Waals surface area contributed by atoms with Crippen LogP contribution in [0.2, 0.25) is 0 Å². The number of aromatic nitrogens is 3. The summed E-state index contributed by atoms with van der Waals surface area (Å²) in [5.41, 5.74) is 1.86. The number of guanidine groups is 1. The quantitative estimate of drug-likeness (QED) is 0.447. The fraction of sp³-hybridized carbons (Fsp3) is 0.391. The topological polar surface area (TPSA) is 91.9 Å². The van der Waals surface area contributed by atoms with Gasteiger partial charge in [-0.3, -0.25) is 9.98 Å². The van der Waals surface area contributed by atoms with Gasteiger partial charge in [-0.2, -0.15) is 4.98 Å². The molecule has 0 bridgehead atoms. The van der Waals surface area contributed by atoms with Gasteiger partial charge in [0.2, 0.25) is 0 Å². The molecule has 1 saturated heterocycles. The summed E-state index contributed by atoms with van der Waals surface area (Å²) in [6.07, 6.45) is 2.31. The third-order valence-electron chi connectivity index (χ3n) is 5.28. The molecule has 9 nitrogen and oxygen atoms in total. The van der Waals surface area contributed by atoms with Crippen molar-refractivity contribution in [3.63, 3.8) is 0 Å². The Balaban J connectivity index is 1.33. The number of hydrogen-bond acceptors (Lipinski definition) is 7. The minimum absolute atomic E-state index is 0.435. The van der Waals surface area contributed by atoms with Crippen molar-refractivity contribution < 1.29 is 9.26 Å². The van der Waals surface area contributed by atoms with Gasteiger partial charge in [0.05, 0.1) is 7.11 Å². The fourth-order valence-corrected chi connectivity index (χ4v) is 3.62. The number of ether oxygens (including phenoxy) is 1. The molecule has 0 aliphatic carbocycles. The van der Waals surface area contributed by atoms with Crippen molar-refractivity contribution >= 4 is 11.6 Å². The molecule has 0 amide bonds. The summed E-state index contributed by atoms with van der Waals surface area (Å²) in [5.74, 6) is 2.87. The maximum Gasteiger partial charge on any atom is 0.276 e. The minimum Gasteiger partial charge on any atom is -0.497 e. The molecule has 168 valence electrons. The standard InChI is InChI=1S/C23H29N7O2/c1-3-24-23(26-12-10-21-27-22(32-28-21)20-9-4-5-11-25-20)30-15-13-29(14-16-30)18-7-6-8-19(17-18)31-2/h4-9,11,17H,3,10,12-16H2,1-2H3,(H,24,26). The van der Waals surface area contributed by atoms with E-state index >= 15 is 0 Å². The first-order valence-corrected chi connectivity index (χ1v) is 10.9. The van der Waals surface area contributed by atoms with Gasteiger partial charge in [0.1, 0.15) is 11.4 Å². The van der Waals surface area contributed by atoms with E-state index in [0.29, 0.717) is 30.4 Å². The highest BCUT2D eigenvalue weighted by molar-refractivity contribution is 5.80. The molecule has 1 fully saturated rings. The first kappa shape index (κ1) is 21.6. The van der Waals surface area contributed by atoms with Gasteiger partial charge in [-0.15, -0.1) is 0 Å². The molecular formula is C23H29N7O2. The second kappa shape index (κ2) is 10.6. The number of methoxy groups -OCH3 is 1. The van der Waals surface area contributed by atoms with E-state index in [2.05, 4.69) is 49.3 Å². The Morgan fingerprint density at radius 2 is 2.03 bits per heavy atom. The monoisotopic (exact) mass is 435 g/mol. The van der Waals surface area contributed by atoms with Crippen LogP contribution in [0.4, 0.5) is 5.69 Å². The van der Waals surface area contributed by atoms with E-state index in [1.165, 1.54) is 5.69 Å². The summed E-state index contributed by atoms with van der Waals surface area (Å²) in [7, 11) is 1.70. The van der Waals surface area contributed by atoms with E-state index in [1.54, 1.807) is 13.3 Å². The van der Waals surface area contributed by atoms with Gasteiger partial charge in [0, 0.05) is 63.6 Å². The van der Waals surface area contributed by atoms with Crippen molar-refractivity contribution in [2.75, 3.05) is 51.3 Å². The molecule has 1 aliphatic heterocycles. The summed E-state index contributed by atoms with van der Waals surface area (Å²) in [5, 5.41) is 7.46. The van der Waals surface area contributed by atoms with Crippen LogP contribution in [-0.2, 0) is 6.42 Å². The lowest BCUT2D eigenvalue weighted by Crippen LogP contribution is -2.52. The van der Waals surface area contributed by atoms with Crippen molar-refractivity contribution in [2.24, 2.45) is 4.99 Å². The molecule has 0 unspecified atom stereocenters. The second-order valence-corrected chi connectivity index (χ2v) is 7.39. The Morgan fingerprint density at radius 1 is 1.16 bits per heavy atom. The first-order valence-electron chi connectivity index (χ1n) is 10.9. The second-order valence-electron chi connectivity index (χ2n) is 7.39. The highest BCUT2D eigenvalue weighted by Crippen LogP contribution is 2.22. The molecule has 0 spiro atoms. The molecular weight excluding hydrogens is 406 g/mol. The van der Waals surface area contributed by atoms with Gasteiger partial charge in [0.15, 0.2) is 11.8 Å². The first-order chi connectivity index (χ1) is 15.8. The van der Waals surface area contributed by atoms with Crippen LogP contribution in [0.1, 0.15) is 12.7 Å². The SMILES string of the molecule is CCNC(=NCCc1noc(-c2ccccn2)n1)N1CCN(c2cccc(OC)c2)CC1. The van der Waals surface area contributed by atoms with Crippen molar-refractivity contribution in [3.05, 3.63) is 54.5 Å². The fourth-order valence-electron chi connectivity index (χ4n) is 3.62. The van der Waals surface area contributed by atoms with E-state index < -0.39 is 0 Å². The predicted molar refractivity (Wildman–Crippen MR) is 124 cm³/mol. The molecule has 9 heteroatoms. The van der Waals surface area contributed by atoms with E-state index in [4.69, 9.17) is 14.3 Å². The van der Waals surface area contributed by atoms with Crippen molar-refractivity contribution in [2.45, 2.75) is 13.3 Å². The smallest absolute Gasteiger partial charge is 0.276 e. The Morgan fingerprint density at radius 3 is 2.78 bits per heavy atom. The molecule has 2 aromatic heterocycles. The summed E-state index contributed by atoms with van der Waals surface area (Å²) in [6, 6.07) is 13.8. The van der Waals surface area contributed by atoms with Gasteiger partial charge in [-0.05, 0) is 31.2 Å². The molecule has 0 saturated carbocycles. The largest absolute Gasteiger partial charge is 0.497 e. The van der Waals surface area contributed by atoms with Gasteiger partial charge < -0.3 is 24.4 Å². The average molecular weight is 436 g/mol. The summed E-state index contributed by atoms with van der Waals surface area (Å²) in [4.78, 5) is 18.1. The predicted octanol–water partition coefficient (Wildman–Crippen LogP) is 2.47. The van der Waals surface area contributed by atoms with Gasteiger partial charge in [-0.25, -0.2) is 0 Å². The lowest BCUT2D eigenvalue weighted by Gasteiger charge is -2.37. The molecule has 1 aromatic carbocycles. The zero-order valence-electron chi connectivity index (χ0n) is 18.6. The van der Waals surface area contributed by atoms with Crippen molar-refractivity contribution in [1.82, 2.24) is 25.3 Å². The number of benzene rings is 1. The Labute approximate surface area is 188 Å². The Hall–Kier alpha value is -3.62. The molecule has 4 rings (SSSR count). The highest BCUT2D eigenvalue weighted by Gasteiger charge is 2.20. The lowest BCUT2D eigenvalue weighted by atomic mass is 10.2. The number of nitrogens with one attached hydrogen (secondary N) is 1. The third-order valence-corrected chi connectivity index (χ3v) is 5.28. The highest BCUT2D eigenvalue weighted by atomic mass is 16.5. The molecule has 3 aromatic rings. The van der Waals surface area contributed by atoms with Gasteiger partial charge in [0.25, 0.3) is 5.89 Å². The van der Waals surface area contributed by atoms with E-state index in [-0.39, 0.29) is 0 Å². The number of anilines is 1. The normalized spacial score (nSPS) is 14.5. The summed E-state index contributed by atoms with van der Waals surface area (Å²) in [6.45, 7) is 7.14. The van der Waals surface area contributed by atoms with Crippen LogP contribution >= 0.6 is 0 Å². The molecule has 3 heterocycles. The van der Waals surface area contributed by atoms with Crippen LogP contribution in [0.5, 0.6) is 5.75 Å². The van der Waals surface area contributed by atoms with Crippen LogP contribution in [0.3, 0.4) is 0 Å². The third kappa shape index (κ3) is 5.35. The number of hydrogen-bond donors (Lipinski definition) is 1. The lowest BCUT2D eigenvalue weighted by molar-refractivity contribution is 0.372. The Bertz CT molecular complexity index is 1010. The van der Waals surface area contributed by atoms with Crippen LogP contribution in [0, 0.1) is 0 Å². The van der Waals surface area contributed by atoms with Crippen LogP contribution < -0.4 is 15.0 Å². The van der Waals surface area contributed by atoms with Gasteiger partial charge >= 0.3 is 0 Å². The van der Waals surface area contributed by atoms with Crippen LogP contribution in [0.15, 0.2) is 58.2 Å². The zero-order chi connectivity index (χ0) is 22.2. The summed E-state index contributed by atoms with van der Waals surface area (Å²) < 4.78 is 10.7. The minimum atomic E-state index is 0.435. The van der Waals surface area contributed by atoms with Gasteiger partial charge in [-0.1, -0.05) is 17.3 Å². The average Bonchev–Trinajstić information content (AvgIpc) is 3.33. The number of piperazine rings is 1.